The molecule has 9 heteroatoms. The average molecular weight is 413 g/mol. The number of nitriles is 1. The van der Waals surface area contributed by atoms with E-state index in [2.05, 4.69) is 5.32 Å². The van der Waals surface area contributed by atoms with Gasteiger partial charge in [0.1, 0.15) is 18.2 Å². The minimum atomic E-state index is -1.75. The summed E-state index contributed by atoms with van der Waals surface area (Å²) in [5.41, 5.74) is 0.928. The zero-order valence-corrected chi connectivity index (χ0v) is 17.3. The van der Waals surface area contributed by atoms with E-state index in [9.17, 15) is 24.9 Å². The first-order chi connectivity index (χ1) is 14.3. The van der Waals surface area contributed by atoms with Crippen LogP contribution in [0.3, 0.4) is 0 Å². The van der Waals surface area contributed by atoms with Crippen LogP contribution < -0.4 is 5.32 Å². The van der Waals surface area contributed by atoms with Crippen molar-refractivity contribution in [2.24, 2.45) is 5.92 Å². The molecule has 0 radical (unpaired) electrons. The van der Waals surface area contributed by atoms with Crippen LogP contribution in [-0.4, -0.2) is 59.2 Å². The molecule has 1 aliphatic heterocycles. The van der Waals surface area contributed by atoms with Gasteiger partial charge in [0.15, 0.2) is 0 Å². The molecule has 0 bridgehead atoms. The molecule has 0 aromatic heterocycles. The second-order valence-corrected chi connectivity index (χ2v) is 7.68. The number of nitrogens with one attached hydrogen (secondary N) is 1. The van der Waals surface area contributed by atoms with Gasteiger partial charge in [-0.25, -0.2) is 4.79 Å². The molecule has 1 unspecified atom stereocenters. The molecule has 1 heterocycles. The lowest BCUT2D eigenvalue weighted by Crippen LogP contribution is -2.49. The fourth-order valence-corrected chi connectivity index (χ4v) is 3.38. The standard InChI is InChI=1S/C21H28BN3O5/c1-15(2)11-17(13-23)20(26)25-10-6-9-18(25)14-30-21(27)24-19(22(28)29)12-16-7-4-3-5-8-16/h3-5,7-8,11,15,18-19,28-29H,6,9-10,12,14H2,1-2H3,(H,24,27)/t18-,19?/m0/s1. The Kier molecular flexibility index (Phi) is 8.90. The van der Waals surface area contributed by atoms with Crippen LogP contribution in [-0.2, 0) is 16.0 Å². The second kappa shape index (κ2) is 11.4. The molecule has 1 fully saturated rings. The number of hydrogen-bond donors (Lipinski definition) is 3. The van der Waals surface area contributed by atoms with Gasteiger partial charge in [-0.05, 0) is 30.7 Å². The van der Waals surface area contributed by atoms with Crippen LogP contribution in [0.5, 0.6) is 0 Å². The van der Waals surface area contributed by atoms with Gasteiger partial charge in [0.05, 0.1) is 12.0 Å². The van der Waals surface area contributed by atoms with Gasteiger partial charge >= 0.3 is 13.2 Å². The second-order valence-electron chi connectivity index (χ2n) is 7.68. The number of nitrogens with zero attached hydrogens (tertiary/aromatic N) is 2. The third kappa shape index (κ3) is 6.90. The zero-order valence-electron chi connectivity index (χ0n) is 17.3. The van der Waals surface area contributed by atoms with Crippen molar-refractivity contribution in [3.63, 3.8) is 0 Å². The van der Waals surface area contributed by atoms with Crippen LogP contribution >= 0.6 is 0 Å². The van der Waals surface area contributed by atoms with E-state index in [-0.39, 0.29) is 36.5 Å². The van der Waals surface area contributed by atoms with E-state index in [1.54, 1.807) is 11.0 Å². The molecule has 3 N–H and O–H groups in total. The predicted molar refractivity (Wildman–Crippen MR) is 112 cm³/mol. The Hall–Kier alpha value is -2.83. The molecule has 2 amide bonds. The average Bonchev–Trinajstić information content (AvgIpc) is 3.18. The molecule has 1 saturated heterocycles. The van der Waals surface area contributed by atoms with E-state index < -0.39 is 19.2 Å². The lowest BCUT2D eigenvalue weighted by molar-refractivity contribution is -0.128. The normalized spacial score (nSPS) is 17.4. The van der Waals surface area contributed by atoms with Crippen LogP contribution in [0.1, 0.15) is 32.3 Å². The summed E-state index contributed by atoms with van der Waals surface area (Å²) in [6.07, 6.45) is 2.49. The first kappa shape index (κ1) is 23.5. The number of rotatable bonds is 8. The van der Waals surface area contributed by atoms with Crippen LogP contribution in [0.15, 0.2) is 42.0 Å². The Morgan fingerprint density at radius 2 is 2.07 bits per heavy atom. The minimum absolute atomic E-state index is 0.0302. The highest BCUT2D eigenvalue weighted by Crippen LogP contribution is 2.20. The topological polar surface area (TPSA) is 123 Å². The summed E-state index contributed by atoms with van der Waals surface area (Å²) in [5.74, 6) is -1.22. The molecular formula is C21H28BN3O5. The van der Waals surface area contributed by atoms with Gasteiger partial charge in [0.2, 0.25) is 0 Å². The van der Waals surface area contributed by atoms with Crippen molar-refractivity contribution < 1.29 is 24.4 Å². The molecule has 2 rings (SSSR count). The van der Waals surface area contributed by atoms with E-state index in [0.717, 1.165) is 12.0 Å². The number of ether oxygens (including phenoxy) is 1. The number of hydrogen-bond acceptors (Lipinski definition) is 6. The number of benzene rings is 1. The minimum Gasteiger partial charge on any atom is -0.447 e. The number of amides is 2. The van der Waals surface area contributed by atoms with Crippen molar-refractivity contribution in [2.45, 2.75) is 45.1 Å². The van der Waals surface area contributed by atoms with E-state index in [1.165, 1.54) is 0 Å². The van der Waals surface area contributed by atoms with Crippen molar-refractivity contribution in [1.82, 2.24) is 10.2 Å². The maximum Gasteiger partial charge on any atom is 0.475 e. The maximum absolute atomic E-state index is 12.7. The number of carbonyl (C=O) groups is 2. The summed E-state index contributed by atoms with van der Waals surface area (Å²) in [6, 6.07) is 10.8. The molecule has 1 aromatic carbocycles. The van der Waals surface area contributed by atoms with Crippen molar-refractivity contribution in [1.29, 1.82) is 5.26 Å². The van der Waals surface area contributed by atoms with Gasteiger partial charge in [-0.15, -0.1) is 0 Å². The third-order valence-electron chi connectivity index (χ3n) is 4.86. The molecule has 0 spiro atoms. The number of carbonyl (C=O) groups excluding carboxylic acids is 2. The summed E-state index contributed by atoms with van der Waals surface area (Å²) >= 11 is 0. The highest BCUT2D eigenvalue weighted by Gasteiger charge is 2.32. The van der Waals surface area contributed by atoms with Crippen LogP contribution in [0.4, 0.5) is 4.79 Å². The molecule has 0 aliphatic carbocycles. The smallest absolute Gasteiger partial charge is 0.447 e. The molecule has 1 aliphatic rings. The number of likely N-dealkylation sites (tertiary alicyclic amines) is 1. The lowest BCUT2D eigenvalue weighted by atomic mass is 9.76. The van der Waals surface area contributed by atoms with Gasteiger partial charge in [-0.1, -0.05) is 50.3 Å². The van der Waals surface area contributed by atoms with Crippen LogP contribution in [0.25, 0.3) is 0 Å². The Morgan fingerprint density at radius 1 is 1.37 bits per heavy atom. The highest BCUT2D eigenvalue weighted by molar-refractivity contribution is 6.43. The van der Waals surface area contributed by atoms with E-state index in [1.807, 2.05) is 50.2 Å². The summed E-state index contributed by atoms with van der Waals surface area (Å²) in [5, 5.41) is 30.9. The Labute approximate surface area is 177 Å². The monoisotopic (exact) mass is 413 g/mol. The molecular weight excluding hydrogens is 385 g/mol. The first-order valence-electron chi connectivity index (χ1n) is 10.1. The number of allylic oxidation sites excluding steroid dienone is 1. The molecule has 2 atom stereocenters. The van der Waals surface area contributed by atoms with Crippen LogP contribution in [0.2, 0.25) is 0 Å². The van der Waals surface area contributed by atoms with Crippen molar-refractivity contribution in [2.75, 3.05) is 13.2 Å². The van der Waals surface area contributed by atoms with Gasteiger partial charge in [-0.3, -0.25) is 4.79 Å². The summed E-state index contributed by atoms with van der Waals surface area (Å²) in [4.78, 5) is 26.4. The highest BCUT2D eigenvalue weighted by atomic mass is 16.5. The fourth-order valence-electron chi connectivity index (χ4n) is 3.38. The molecule has 160 valence electrons. The summed E-state index contributed by atoms with van der Waals surface area (Å²) in [6.45, 7) is 4.25. The lowest BCUT2D eigenvalue weighted by Gasteiger charge is -2.25. The summed E-state index contributed by atoms with van der Waals surface area (Å²) < 4.78 is 5.25. The maximum atomic E-state index is 12.7. The number of alkyl carbamates (subject to hydrolysis) is 1. The van der Waals surface area contributed by atoms with E-state index in [4.69, 9.17) is 4.74 Å². The van der Waals surface area contributed by atoms with Gasteiger partial charge in [0.25, 0.3) is 5.91 Å². The fraction of sp³-hybridized carbons (Fsp3) is 0.476. The Bertz CT molecular complexity index is 792. The third-order valence-corrected chi connectivity index (χ3v) is 4.86. The quantitative estimate of drug-likeness (QED) is 0.337. The Morgan fingerprint density at radius 3 is 2.67 bits per heavy atom. The zero-order chi connectivity index (χ0) is 22.1. The van der Waals surface area contributed by atoms with Gasteiger partial charge in [0, 0.05) is 6.54 Å². The largest absolute Gasteiger partial charge is 0.475 e. The Balaban J connectivity index is 1.92. The SMILES string of the molecule is CC(C)C=C(C#N)C(=O)N1CCC[C@H]1COC(=O)NC(Cc1ccccc1)B(O)O. The van der Waals surface area contributed by atoms with Crippen molar-refractivity contribution in [3.8, 4) is 6.07 Å². The summed E-state index contributed by atoms with van der Waals surface area (Å²) in [7, 11) is -1.75. The molecule has 30 heavy (non-hydrogen) atoms. The van der Waals surface area contributed by atoms with Gasteiger partial charge in [-0.2, -0.15) is 5.26 Å². The van der Waals surface area contributed by atoms with Gasteiger partial charge < -0.3 is 25.0 Å². The van der Waals surface area contributed by atoms with Crippen LogP contribution in [0, 0.1) is 17.2 Å². The van der Waals surface area contributed by atoms with Crippen molar-refractivity contribution in [3.05, 3.63) is 47.5 Å². The van der Waals surface area contributed by atoms with E-state index in [0.29, 0.717) is 13.0 Å². The molecule has 0 saturated carbocycles. The predicted octanol–water partition coefficient (Wildman–Crippen LogP) is 1.43. The molecule has 8 nitrogen and oxygen atoms in total. The molecule has 1 aromatic rings. The van der Waals surface area contributed by atoms with Crippen molar-refractivity contribution >= 4 is 19.1 Å². The first-order valence-corrected chi connectivity index (χ1v) is 10.1. The van der Waals surface area contributed by atoms with E-state index >= 15 is 0 Å².